The van der Waals surface area contributed by atoms with E-state index in [0.29, 0.717) is 50.8 Å². The fourth-order valence-corrected chi connectivity index (χ4v) is 4.37. The lowest BCUT2D eigenvalue weighted by atomic mass is 10.2. The Bertz CT molecular complexity index is 998. The van der Waals surface area contributed by atoms with Crippen LogP contribution in [0.15, 0.2) is 30.3 Å². The third-order valence-corrected chi connectivity index (χ3v) is 5.95. The van der Waals surface area contributed by atoms with Crippen LogP contribution < -0.4 is 14.4 Å². The number of thiazole rings is 1. The summed E-state index contributed by atoms with van der Waals surface area (Å²) >= 11 is 13.7. The van der Waals surface area contributed by atoms with Gasteiger partial charge >= 0.3 is 0 Å². The first kappa shape index (κ1) is 21.6. The van der Waals surface area contributed by atoms with Crippen LogP contribution in [0.5, 0.6) is 11.5 Å². The molecule has 1 aromatic heterocycles. The third kappa shape index (κ3) is 4.59. The average molecular weight is 454 g/mol. The van der Waals surface area contributed by atoms with Gasteiger partial charge in [0.25, 0.3) is 5.91 Å². The Kier molecular flexibility index (Phi) is 6.85. The molecule has 0 atom stereocenters. The van der Waals surface area contributed by atoms with Crippen molar-refractivity contribution >= 4 is 55.8 Å². The maximum atomic E-state index is 13.4. The molecule has 0 radical (unpaired) electrons. The number of hydrogen-bond donors (Lipinski definition) is 0. The van der Waals surface area contributed by atoms with Gasteiger partial charge in [-0.25, -0.2) is 4.98 Å². The molecule has 0 aliphatic rings. The van der Waals surface area contributed by atoms with E-state index in [2.05, 4.69) is 0 Å². The van der Waals surface area contributed by atoms with Crippen LogP contribution in [0.25, 0.3) is 10.2 Å². The van der Waals surface area contributed by atoms with Crippen LogP contribution in [-0.2, 0) is 0 Å². The zero-order valence-electron chi connectivity index (χ0n) is 16.5. The largest absolute Gasteiger partial charge is 0.495 e. The van der Waals surface area contributed by atoms with Crippen molar-refractivity contribution in [3.63, 3.8) is 0 Å². The van der Waals surface area contributed by atoms with Crippen LogP contribution in [0.4, 0.5) is 5.13 Å². The second kappa shape index (κ2) is 9.17. The number of likely N-dealkylation sites (N-methyl/N-ethyl adjacent to an activating group) is 1. The molecule has 0 aliphatic carbocycles. The zero-order valence-corrected chi connectivity index (χ0v) is 18.9. The molecule has 6 nitrogen and oxygen atoms in total. The van der Waals surface area contributed by atoms with Gasteiger partial charge in [-0.2, -0.15) is 0 Å². The van der Waals surface area contributed by atoms with E-state index in [1.165, 1.54) is 11.3 Å². The maximum Gasteiger partial charge on any atom is 0.261 e. The number of ether oxygens (including phenoxy) is 2. The van der Waals surface area contributed by atoms with Crippen molar-refractivity contribution in [1.29, 1.82) is 0 Å². The van der Waals surface area contributed by atoms with E-state index in [1.54, 1.807) is 43.4 Å². The summed E-state index contributed by atoms with van der Waals surface area (Å²) in [6.45, 7) is 1.09. The van der Waals surface area contributed by atoms with Crippen molar-refractivity contribution in [3.8, 4) is 11.5 Å². The zero-order chi connectivity index (χ0) is 21.1. The number of methoxy groups -OCH3 is 2. The summed E-state index contributed by atoms with van der Waals surface area (Å²) in [6.07, 6.45) is 0. The van der Waals surface area contributed by atoms with Gasteiger partial charge < -0.3 is 14.4 Å². The Hall–Kier alpha value is -2.06. The van der Waals surface area contributed by atoms with Gasteiger partial charge in [0, 0.05) is 18.1 Å². The van der Waals surface area contributed by atoms with Crippen LogP contribution in [0.1, 0.15) is 10.4 Å². The lowest BCUT2D eigenvalue weighted by Crippen LogP contribution is -2.36. The number of benzene rings is 2. The van der Waals surface area contributed by atoms with E-state index in [0.717, 1.165) is 4.70 Å². The maximum absolute atomic E-state index is 13.4. The number of fused-ring (bicyclic) bond motifs is 1. The highest BCUT2D eigenvalue weighted by atomic mass is 35.5. The minimum Gasteiger partial charge on any atom is -0.495 e. The van der Waals surface area contributed by atoms with Crippen molar-refractivity contribution in [3.05, 3.63) is 45.9 Å². The number of hydrogen-bond acceptors (Lipinski definition) is 6. The fraction of sp³-hybridized carbons (Fsp3) is 0.300. The van der Waals surface area contributed by atoms with Gasteiger partial charge in [0.2, 0.25) is 0 Å². The third-order valence-electron chi connectivity index (χ3n) is 4.31. The van der Waals surface area contributed by atoms with E-state index in [-0.39, 0.29) is 5.91 Å². The number of carbonyl (C=O) groups excluding carboxylic acids is 1. The standard InChI is InChI=1S/C20H21Cl2N3O3S/c1-24(2)9-10-25(19(26)13-6-5-12(21)11-14(13)22)20-23-17-15(27-3)7-8-16(28-4)18(17)29-20/h5-8,11H,9-10H2,1-4H3. The fourth-order valence-electron chi connectivity index (χ4n) is 2.78. The monoisotopic (exact) mass is 453 g/mol. The highest BCUT2D eigenvalue weighted by molar-refractivity contribution is 7.22. The highest BCUT2D eigenvalue weighted by Crippen LogP contribution is 2.40. The molecule has 0 saturated heterocycles. The second-order valence-corrected chi connectivity index (χ2v) is 8.35. The molecule has 3 aromatic rings. The molecule has 3 rings (SSSR count). The molecule has 0 bridgehead atoms. The molecule has 0 fully saturated rings. The SMILES string of the molecule is COc1ccc(OC)c2sc(N(CCN(C)C)C(=O)c3ccc(Cl)cc3Cl)nc12. The normalized spacial score (nSPS) is 11.1. The molecule has 154 valence electrons. The van der Waals surface area contributed by atoms with Gasteiger partial charge in [0.1, 0.15) is 21.7 Å². The van der Waals surface area contributed by atoms with Crippen LogP contribution in [0, 0.1) is 0 Å². The van der Waals surface area contributed by atoms with Gasteiger partial charge in [-0.05, 0) is 44.4 Å². The van der Waals surface area contributed by atoms with Crippen LogP contribution in [-0.4, -0.2) is 57.2 Å². The second-order valence-electron chi connectivity index (χ2n) is 6.53. The Balaban J connectivity index is 2.10. The van der Waals surface area contributed by atoms with Gasteiger partial charge in [0.05, 0.1) is 24.8 Å². The summed E-state index contributed by atoms with van der Waals surface area (Å²) in [5, 5.41) is 1.31. The minimum atomic E-state index is -0.245. The number of halogens is 2. The highest BCUT2D eigenvalue weighted by Gasteiger charge is 2.25. The molecule has 29 heavy (non-hydrogen) atoms. The number of nitrogens with zero attached hydrogens (tertiary/aromatic N) is 3. The Morgan fingerprint density at radius 1 is 1.07 bits per heavy atom. The first-order valence-corrected chi connectivity index (χ1v) is 10.4. The predicted molar refractivity (Wildman–Crippen MR) is 119 cm³/mol. The van der Waals surface area contributed by atoms with E-state index in [4.69, 9.17) is 37.7 Å². The van der Waals surface area contributed by atoms with E-state index in [9.17, 15) is 4.79 Å². The molecule has 1 heterocycles. The number of carbonyl (C=O) groups is 1. The van der Waals surface area contributed by atoms with Gasteiger partial charge in [-0.3, -0.25) is 9.69 Å². The lowest BCUT2D eigenvalue weighted by molar-refractivity contribution is 0.0985. The van der Waals surface area contributed by atoms with Gasteiger partial charge in [-0.1, -0.05) is 34.5 Å². The van der Waals surface area contributed by atoms with Crippen molar-refractivity contribution in [2.45, 2.75) is 0 Å². The summed E-state index contributed by atoms with van der Waals surface area (Å²) in [5.74, 6) is 1.05. The first-order chi connectivity index (χ1) is 13.8. The summed E-state index contributed by atoms with van der Waals surface area (Å²) in [6, 6.07) is 8.46. The van der Waals surface area contributed by atoms with Gasteiger partial charge in [-0.15, -0.1) is 0 Å². The summed E-state index contributed by atoms with van der Waals surface area (Å²) < 4.78 is 11.7. The lowest BCUT2D eigenvalue weighted by Gasteiger charge is -2.22. The van der Waals surface area contributed by atoms with Crippen molar-refractivity contribution in [2.75, 3.05) is 46.3 Å². The molecule has 0 N–H and O–H groups in total. The molecule has 0 unspecified atom stereocenters. The molecule has 1 amide bonds. The molecule has 2 aromatic carbocycles. The van der Waals surface area contributed by atoms with E-state index in [1.807, 2.05) is 25.1 Å². The van der Waals surface area contributed by atoms with Crippen LogP contribution >= 0.6 is 34.5 Å². The molecular weight excluding hydrogens is 433 g/mol. The topological polar surface area (TPSA) is 54.9 Å². The van der Waals surface area contributed by atoms with Crippen molar-refractivity contribution in [1.82, 2.24) is 9.88 Å². The Morgan fingerprint density at radius 3 is 2.38 bits per heavy atom. The summed E-state index contributed by atoms with van der Waals surface area (Å²) in [4.78, 5) is 21.7. The molecular formula is C20H21Cl2N3O3S. The average Bonchev–Trinajstić information content (AvgIpc) is 3.12. The summed E-state index contributed by atoms with van der Waals surface area (Å²) in [7, 11) is 7.08. The van der Waals surface area contributed by atoms with Crippen LogP contribution in [0.3, 0.4) is 0 Å². The minimum absolute atomic E-state index is 0.245. The van der Waals surface area contributed by atoms with Crippen molar-refractivity contribution < 1.29 is 14.3 Å². The van der Waals surface area contributed by atoms with Gasteiger partial charge in [0.15, 0.2) is 5.13 Å². The van der Waals surface area contributed by atoms with E-state index >= 15 is 0 Å². The number of anilines is 1. The van der Waals surface area contributed by atoms with Crippen LogP contribution in [0.2, 0.25) is 10.0 Å². The quantitative estimate of drug-likeness (QED) is 0.512. The smallest absolute Gasteiger partial charge is 0.261 e. The predicted octanol–water partition coefficient (Wildman–Crippen LogP) is 4.83. The van der Waals surface area contributed by atoms with E-state index < -0.39 is 0 Å². The van der Waals surface area contributed by atoms with Crippen molar-refractivity contribution in [2.24, 2.45) is 0 Å². The number of aromatic nitrogens is 1. The number of rotatable bonds is 7. The molecule has 0 saturated carbocycles. The molecule has 0 spiro atoms. The molecule has 0 aliphatic heterocycles. The molecule has 9 heteroatoms. The summed E-state index contributed by atoms with van der Waals surface area (Å²) in [5.41, 5.74) is 1.02. The Labute approximate surface area is 183 Å². The number of amides is 1. The first-order valence-electron chi connectivity index (χ1n) is 8.79. The Morgan fingerprint density at radius 2 is 1.76 bits per heavy atom.